The number of aromatic carboxylic acids is 1. The summed E-state index contributed by atoms with van der Waals surface area (Å²) in [6, 6.07) is 9.10. The lowest BCUT2D eigenvalue weighted by Crippen LogP contribution is -2.34. The highest BCUT2D eigenvalue weighted by Gasteiger charge is 2.36. The van der Waals surface area contributed by atoms with Gasteiger partial charge in [0, 0.05) is 0 Å². The van der Waals surface area contributed by atoms with Gasteiger partial charge in [0.15, 0.2) is 11.5 Å². The van der Waals surface area contributed by atoms with Crippen LogP contribution in [0.3, 0.4) is 0 Å². The molecule has 1 heterocycles. The Kier molecular flexibility index (Phi) is 7.62. The van der Waals surface area contributed by atoms with E-state index in [0.717, 1.165) is 12.0 Å². The Morgan fingerprint density at radius 1 is 1.15 bits per heavy atom. The van der Waals surface area contributed by atoms with Crippen LogP contribution in [0.15, 0.2) is 41.3 Å². The van der Waals surface area contributed by atoms with Crippen molar-refractivity contribution in [2.24, 2.45) is 0 Å². The number of benzene rings is 2. The number of hydrogen-bond acceptors (Lipinski definition) is 9. The standard InChI is InChI=1S/C22H18ClNO8S/c1-30-16-8-13(9-17-20(26)24(22(29)33-17)10-18(25)31-2)7-15(23)19(16)32-11-12-3-5-14(6-4-12)21(27)28/h3-9H,10-11H2,1-2H3,(H,27,28)/p-1/b17-9-. The maximum absolute atomic E-state index is 12.5. The highest BCUT2D eigenvalue weighted by Crippen LogP contribution is 2.39. The molecule has 172 valence electrons. The molecule has 33 heavy (non-hydrogen) atoms. The molecule has 3 rings (SSSR count). The first kappa shape index (κ1) is 24.1. The average molecular weight is 491 g/mol. The first-order chi connectivity index (χ1) is 15.7. The van der Waals surface area contributed by atoms with E-state index >= 15 is 0 Å². The van der Waals surface area contributed by atoms with Gasteiger partial charge in [0.2, 0.25) is 0 Å². The van der Waals surface area contributed by atoms with Crippen LogP contribution in [0.1, 0.15) is 21.5 Å². The van der Waals surface area contributed by atoms with E-state index in [-0.39, 0.29) is 33.6 Å². The second-order valence-corrected chi connectivity index (χ2v) is 8.05. The van der Waals surface area contributed by atoms with Crippen LogP contribution in [-0.2, 0) is 20.9 Å². The Bertz CT molecular complexity index is 1150. The van der Waals surface area contributed by atoms with Gasteiger partial charge in [-0.15, -0.1) is 0 Å². The van der Waals surface area contributed by atoms with Crippen LogP contribution in [0.5, 0.6) is 11.5 Å². The molecule has 1 aliphatic heterocycles. The number of carboxylic acid groups (broad SMARTS) is 1. The first-order valence-corrected chi connectivity index (χ1v) is 10.6. The molecular weight excluding hydrogens is 474 g/mol. The van der Waals surface area contributed by atoms with Gasteiger partial charge in [0.25, 0.3) is 11.1 Å². The normalized spacial score (nSPS) is 14.5. The zero-order valence-corrected chi connectivity index (χ0v) is 19.0. The maximum atomic E-state index is 12.5. The Labute approximate surface area is 197 Å². The highest BCUT2D eigenvalue weighted by atomic mass is 35.5. The van der Waals surface area contributed by atoms with Crippen molar-refractivity contribution in [3.05, 3.63) is 63.0 Å². The number of thioether (sulfide) groups is 1. The van der Waals surface area contributed by atoms with Crippen molar-refractivity contribution < 1.29 is 38.5 Å². The number of esters is 1. The van der Waals surface area contributed by atoms with Crippen LogP contribution in [0, 0.1) is 0 Å². The first-order valence-electron chi connectivity index (χ1n) is 9.36. The summed E-state index contributed by atoms with van der Waals surface area (Å²) in [5.74, 6) is -2.07. The zero-order valence-electron chi connectivity index (χ0n) is 17.5. The fourth-order valence-corrected chi connectivity index (χ4v) is 3.95. The topological polar surface area (TPSA) is 122 Å². The van der Waals surface area contributed by atoms with Gasteiger partial charge in [0.1, 0.15) is 13.2 Å². The minimum atomic E-state index is -1.27. The van der Waals surface area contributed by atoms with Crippen molar-refractivity contribution in [3.8, 4) is 11.5 Å². The van der Waals surface area contributed by atoms with Crippen LogP contribution >= 0.6 is 23.4 Å². The average Bonchev–Trinajstić information content (AvgIpc) is 3.05. The van der Waals surface area contributed by atoms with Crippen molar-refractivity contribution in [1.82, 2.24) is 4.90 Å². The Morgan fingerprint density at radius 2 is 1.85 bits per heavy atom. The summed E-state index contributed by atoms with van der Waals surface area (Å²) in [6.45, 7) is -0.380. The third kappa shape index (κ3) is 5.65. The van der Waals surface area contributed by atoms with Gasteiger partial charge in [-0.25, -0.2) is 0 Å². The van der Waals surface area contributed by atoms with E-state index in [4.69, 9.17) is 21.1 Å². The van der Waals surface area contributed by atoms with Crippen molar-refractivity contribution in [3.63, 3.8) is 0 Å². The van der Waals surface area contributed by atoms with Crippen LogP contribution in [0.2, 0.25) is 5.02 Å². The lowest BCUT2D eigenvalue weighted by Gasteiger charge is -2.14. The number of imide groups is 1. The lowest BCUT2D eigenvalue weighted by atomic mass is 10.1. The Morgan fingerprint density at radius 3 is 2.45 bits per heavy atom. The predicted molar refractivity (Wildman–Crippen MR) is 118 cm³/mol. The quantitative estimate of drug-likeness (QED) is 0.405. The van der Waals surface area contributed by atoms with E-state index in [0.29, 0.717) is 22.9 Å². The van der Waals surface area contributed by atoms with Crippen molar-refractivity contribution in [1.29, 1.82) is 0 Å². The molecular formula is C22H17ClNO8S-. The molecule has 0 bridgehead atoms. The molecule has 0 aromatic heterocycles. The van der Waals surface area contributed by atoms with Gasteiger partial charge in [-0.2, -0.15) is 0 Å². The van der Waals surface area contributed by atoms with Crippen LogP contribution < -0.4 is 14.6 Å². The molecule has 0 saturated carbocycles. The Hall–Kier alpha value is -3.50. The molecule has 0 atom stereocenters. The molecule has 1 saturated heterocycles. The molecule has 0 spiro atoms. The van der Waals surface area contributed by atoms with E-state index in [1.165, 1.54) is 31.4 Å². The molecule has 11 heteroatoms. The van der Waals surface area contributed by atoms with Crippen LogP contribution in [0.25, 0.3) is 6.08 Å². The SMILES string of the molecule is COC(=O)CN1C(=O)S/C(=C\c2cc(Cl)c(OCc3ccc(C(=O)[O-])cc3)c(OC)c2)C1=O. The summed E-state index contributed by atoms with van der Waals surface area (Å²) in [5, 5.41) is 10.5. The van der Waals surface area contributed by atoms with Crippen LogP contribution in [0.4, 0.5) is 4.79 Å². The summed E-state index contributed by atoms with van der Waals surface area (Å²) in [4.78, 5) is 47.7. The summed E-state index contributed by atoms with van der Waals surface area (Å²) in [5.41, 5.74) is 1.22. The summed E-state index contributed by atoms with van der Waals surface area (Å²) in [6.07, 6.45) is 1.46. The largest absolute Gasteiger partial charge is 0.545 e. The third-order valence-electron chi connectivity index (χ3n) is 4.51. The number of carboxylic acids is 1. The number of carbonyl (C=O) groups is 4. The molecule has 9 nitrogen and oxygen atoms in total. The smallest absolute Gasteiger partial charge is 0.325 e. The van der Waals surface area contributed by atoms with Gasteiger partial charge in [-0.1, -0.05) is 35.9 Å². The molecule has 2 aromatic rings. The number of hydrogen-bond donors (Lipinski definition) is 0. The van der Waals surface area contributed by atoms with Crippen molar-refractivity contribution in [2.75, 3.05) is 20.8 Å². The van der Waals surface area contributed by atoms with E-state index in [2.05, 4.69) is 4.74 Å². The van der Waals surface area contributed by atoms with Gasteiger partial charge >= 0.3 is 5.97 Å². The Balaban J connectivity index is 1.79. The zero-order chi connectivity index (χ0) is 24.1. The van der Waals surface area contributed by atoms with Gasteiger partial charge in [-0.05, 0) is 46.7 Å². The highest BCUT2D eigenvalue weighted by molar-refractivity contribution is 8.18. The number of nitrogens with zero attached hydrogens (tertiary/aromatic N) is 1. The number of carbonyl (C=O) groups excluding carboxylic acids is 4. The number of rotatable bonds is 8. The van der Waals surface area contributed by atoms with Gasteiger partial charge < -0.3 is 24.1 Å². The third-order valence-corrected chi connectivity index (χ3v) is 5.70. The lowest BCUT2D eigenvalue weighted by molar-refractivity contribution is -0.255. The van der Waals surface area contributed by atoms with E-state index in [1.807, 2.05) is 0 Å². The second kappa shape index (κ2) is 10.4. The number of amides is 2. The van der Waals surface area contributed by atoms with Crippen LogP contribution in [-0.4, -0.2) is 48.7 Å². The maximum Gasteiger partial charge on any atom is 0.325 e. The monoisotopic (exact) mass is 490 g/mol. The van der Waals surface area contributed by atoms with Crippen molar-refractivity contribution in [2.45, 2.75) is 6.61 Å². The molecule has 1 fully saturated rings. The van der Waals surface area contributed by atoms with Gasteiger partial charge in [0.05, 0.1) is 30.1 Å². The molecule has 0 radical (unpaired) electrons. The molecule has 0 N–H and O–H groups in total. The van der Waals surface area contributed by atoms with E-state index < -0.39 is 29.6 Å². The van der Waals surface area contributed by atoms with Crippen molar-refractivity contribution >= 4 is 52.5 Å². The molecule has 0 aliphatic carbocycles. The predicted octanol–water partition coefficient (Wildman–Crippen LogP) is 2.50. The molecule has 1 aliphatic rings. The minimum Gasteiger partial charge on any atom is -0.545 e. The second-order valence-electron chi connectivity index (χ2n) is 6.65. The fraction of sp³-hybridized carbons (Fsp3) is 0.182. The number of ether oxygens (including phenoxy) is 3. The number of halogens is 1. The minimum absolute atomic E-state index is 0.0507. The van der Waals surface area contributed by atoms with E-state index in [1.54, 1.807) is 18.2 Å². The summed E-state index contributed by atoms with van der Waals surface area (Å²) in [7, 11) is 2.58. The summed E-state index contributed by atoms with van der Waals surface area (Å²) >= 11 is 7.06. The number of methoxy groups -OCH3 is 2. The van der Waals surface area contributed by atoms with E-state index in [9.17, 15) is 24.3 Å². The van der Waals surface area contributed by atoms with Gasteiger partial charge in [-0.3, -0.25) is 19.3 Å². The molecule has 2 aromatic carbocycles. The molecule has 0 unspecified atom stereocenters. The molecule has 2 amide bonds. The summed E-state index contributed by atoms with van der Waals surface area (Å²) < 4.78 is 15.6. The fourth-order valence-electron chi connectivity index (χ4n) is 2.84.